The van der Waals surface area contributed by atoms with Gasteiger partial charge in [-0.2, -0.15) is 4.98 Å². The molecule has 0 aliphatic carbocycles. The Hall–Kier alpha value is -1.38. The standard InChI is InChI=1S/C17H28BrN5O2/c1-5-19-15-14(18)9-13(17(21-15)25-4)16(24)20-12-10-22(3)7-8-23(6-2)11-12/h9,12H,5-8,10-11H2,1-4H3,(H,19,21)(H,20,24). The van der Waals surface area contributed by atoms with Crippen molar-refractivity contribution in [3.8, 4) is 5.88 Å². The predicted molar refractivity (Wildman–Crippen MR) is 104 cm³/mol. The second-order valence-corrected chi connectivity index (χ2v) is 7.09. The van der Waals surface area contributed by atoms with Crippen LogP contribution in [0.15, 0.2) is 10.5 Å². The van der Waals surface area contributed by atoms with Crippen LogP contribution in [0.1, 0.15) is 24.2 Å². The Bertz CT molecular complexity index is 599. The summed E-state index contributed by atoms with van der Waals surface area (Å²) in [6, 6.07) is 1.83. The minimum absolute atomic E-state index is 0.0666. The summed E-state index contributed by atoms with van der Waals surface area (Å²) in [5.74, 6) is 0.831. The van der Waals surface area contributed by atoms with Gasteiger partial charge < -0.3 is 25.2 Å². The van der Waals surface area contributed by atoms with Crippen molar-refractivity contribution in [2.24, 2.45) is 0 Å². The fraction of sp³-hybridized carbons (Fsp3) is 0.647. The number of nitrogens with zero attached hydrogens (tertiary/aromatic N) is 3. The Labute approximate surface area is 158 Å². The van der Waals surface area contributed by atoms with Crippen LogP contribution in [-0.4, -0.2) is 80.2 Å². The quantitative estimate of drug-likeness (QED) is 0.738. The molecule has 1 saturated heterocycles. The number of anilines is 1. The molecule has 2 rings (SSSR count). The summed E-state index contributed by atoms with van der Waals surface area (Å²) in [4.78, 5) is 21.8. The molecule has 1 aromatic heterocycles. The lowest BCUT2D eigenvalue weighted by Crippen LogP contribution is -2.46. The lowest BCUT2D eigenvalue weighted by Gasteiger charge is -2.24. The van der Waals surface area contributed by atoms with Gasteiger partial charge in [-0.1, -0.05) is 6.92 Å². The zero-order valence-corrected chi connectivity index (χ0v) is 17.0. The van der Waals surface area contributed by atoms with Gasteiger partial charge >= 0.3 is 0 Å². The van der Waals surface area contributed by atoms with Crippen molar-refractivity contribution in [1.82, 2.24) is 20.1 Å². The second kappa shape index (κ2) is 9.35. The molecule has 0 saturated carbocycles. The van der Waals surface area contributed by atoms with Crippen LogP contribution in [0.5, 0.6) is 5.88 Å². The third-order valence-corrected chi connectivity index (χ3v) is 4.92. The van der Waals surface area contributed by atoms with Gasteiger partial charge in [0.2, 0.25) is 5.88 Å². The van der Waals surface area contributed by atoms with E-state index in [2.05, 4.69) is 55.3 Å². The SMILES string of the molecule is CCNc1nc(OC)c(C(=O)NC2CN(C)CCN(CC)C2)cc1Br. The molecule has 0 radical (unpaired) electrons. The summed E-state index contributed by atoms with van der Waals surface area (Å²) in [7, 11) is 3.61. The molecule has 8 heteroatoms. The first-order chi connectivity index (χ1) is 12.0. The first kappa shape index (κ1) is 19.9. The highest BCUT2D eigenvalue weighted by atomic mass is 79.9. The number of pyridine rings is 1. The number of carbonyl (C=O) groups excluding carboxylic acids is 1. The van der Waals surface area contributed by atoms with Gasteiger partial charge in [-0.25, -0.2) is 0 Å². The average molecular weight is 414 g/mol. The number of methoxy groups -OCH3 is 1. The normalized spacial score (nSPS) is 19.3. The van der Waals surface area contributed by atoms with Crippen LogP contribution in [-0.2, 0) is 0 Å². The minimum atomic E-state index is -0.163. The van der Waals surface area contributed by atoms with Gasteiger partial charge in [0.25, 0.3) is 5.91 Å². The number of hydrogen-bond acceptors (Lipinski definition) is 6. The van der Waals surface area contributed by atoms with E-state index in [9.17, 15) is 4.79 Å². The molecule has 2 N–H and O–H groups in total. The molecule has 25 heavy (non-hydrogen) atoms. The molecule has 1 amide bonds. The topological polar surface area (TPSA) is 69.7 Å². The fourth-order valence-electron chi connectivity index (χ4n) is 2.96. The fourth-order valence-corrected chi connectivity index (χ4v) is 3.42. The molecule has 0 aromatic carbocycles. The highest BCUT2D eigenvalue weighted by Gasteiger charge is 2.24. The van der Waals surface area contributed by atoms with Gasteiger partial charge in [-0.3, -0.25) is 4.79 Å². The highest BCUT2D eigenvalue weighted by Crippen LogP contribution is 2.27. The van der Waals surface area contributed by atoms with Crippen molar-refractivity contribution in [3.05, 3.63) is 16.1 Å². The molecule has 1 fully saturated rings. The zero-order valence-electron chi connectivity index (χ0n) is 15.4. The van der Waals surface area contributed by atoms with E-state index in [0.29, 0.717) is 17.3 Å². The van der Waals surface area contributed by atoms with Crippen molar-refractivity contribution < 1.29 is 9.53 Å². The van der Waals surface area contributed by atoms with E-state index in [0.717, 1.165) is 43.7 Å². The van der Waals surface area contributed by atoms with Gasteiger partial charge in [0, 0.05) is 32.7 Å². The van der Waals surface area contributed by atoms with Crippen LogP contribution in [0.25, 0.3) is 0 Å². The van der Waals surface area contributed by atoms with Crippen molar-refractivity contribution in [1.29, 1.82) is 0 Å². The summed E-state index contributed by atoms with van der Waals surface area (Å²) in [5, 5.41) is 6.28. The van der Waals surface area contributed by atoms with Crippen LogP contribution < -0.4 is 15.4 Å². The first-order valence-electron chi connectivity index (χ1n) is 8.68. The number of amides is 1. The Morgan fingerprint density at radius 1 is 1.40 bits per heavy atom. The van der Waals surface area contributed by atoms with Gasteiger partial charge in [-0.05, 0) is 42.5 Å². The number of halogens is 1. The lowest BCUT2D eigenvalue weighted by molar-refractivity contribution is 0.0921. The third kappa shape index (κ3) is 5.29. The third-order valence-electron chi connectivity index (χ3n) is 4.31. The van der Waals surface area contributed by atoms with Gasteiger partial charge in [0.15, 0.2) is 0 Å². The number of rotatable bonds is 6. The first-order valence-corrected chi connectivity index (χ1v) is 9.47. The number of ether oxygens (including phenoxy) is 1. The molecule has 2 heterocycles. The molecule has 0 bridgehead atoms. The zero-order chi connectivity index (χ0) is 18.4. The Morgan fingerprint density at radius 3 is 2.80 bits per heavy atom. The molecule has 1 aliphatic rings. The maximum absolute atomic E-state index is 12.8. The van der Waals surface area contributed by atoms with E-state index >= 15 is 0 Å². The van der Waals surface area contributed by atoms with E-state index in [-0.39, 0.29) is 11.9 Å². The van der Waals surface area contributed by atoms with E-state index in [1.165, 1.54) is 7.11 Å². The number of hydrogen-bond donors (Lipinski definition) is 2. The summed E-state index contributed by atoms with van der Waals surface area (Å²) in [5.41, 5.74) is 0.436. The molecule has 140 valence electrons. The largest absolute Gasteiger partial charge is 0.480 e. The van der Waals surface area contributed by atoms with Crippen molar-refractivity contribution in [3.63, 3.8) is 0 Å². The molecule has 7 nitrogen and oxygen atoms in total. The van der Waals surface area contributed by atoms with Gasteiger partial charge in [0.1, 0.15) is 11.4 Å². The number of likely N-dealkylation sites (N-methyl/N-ethyl adjacent to an activating group) is 2. The molecule has 1 aromatic rings. The molecule has 1 atom stereocenters. The minimum Gasteiger partial charge on any atom is -0.480 e. The highest BCUT2D eigenvalue weighted by molar-refractivity contribution is 9.10. The number of nitrogens with one attached hydrogen (secondary N) is 2. The van der Waals surface area contributed by atoms with Crippen molar-refractivity contribution in [2.75, 3.05) is 58.7 Å². The van der Waals surface area contributed by atoms with E-state index in [4.69, 9.17) is 4.74 Å². The molecular formula is C17H28BrN5O2. The monoisotopic (exact) mass is 413 g/mol. The lowest BCUT2D eigenvalue weighted by atomic mass is 10.2. The maximum Gasteiger partial charge on any atom is 0.257 e. The van der Waals surface area contributed by atoms with E-state index in [1.54, 1.807) is 6.07 Å². The van der Waals surface area contributed by atoms with Crippen LogP contribution >= 0.6 is 15.9 Å². The van der Waals surface area contributed by atoms with Crippen molar-refractivity contribution in [2.45, 2.75) is 19.9 Å². The van der Waals surface area contributed by atoms with Crippen LogP contribution in [0, 0.1) is 0 Å². The average Bonchev–Trinajstić information content (AvgIpc) is 2.77. The van der Waals surface area contributed by atoms with Crippen LogP contribution in [0.3, 0.4) is 0 Å². The molecule has 1 unspecified atom stereocenters. The Kier molecular flexibility index (Phi) is 7.46. The summed E-state index contributed by atoms with van der Waals surface area (Å²) >= 11 is 3.47. The Balaban J connectivity index is 2.17. The van der Waals surface area contributed by atoms with E-state index < -0.39 is 0 Å². The van der Waals surface area contributed by atoms with E-state index in [1.807, 2.05) is 6.92 Å². The van der Waals surface area contributed by atoms with Crippen LogP contribution in [0.4, 0.5) is 5.82 Å². The second-order valence-electron chi connectivity index (χ2n) is 6.23. The smallest absolute Gasteiger partial charge is 0.257 e. The van der Waals surface area contributed by atoms with Gasteiger partial charge in [-0.15, -0.1) is 0 Å². The maximum atomic E-state index is 12.8. The van der Waals surface area contributed by atoms with Crippen LogP contribution in [0.2, 0.25) is 0 Å². The molecule has 0 spiro atoms. The summed E-state index contributed by atoms with van der Waals surface area (Å²) in [6.07, 6.45) is 0. The Morgan fingerprint density at radius 2 is 2.16 bits per heavy atom. The number of carbonyl (C=O) groups is 1. The summed E-state index contributed by atoms with van der Waals surface area (Å²) in [6.45, 7) is 9.56. The van der Waals surface area contributed by atoms with Crippen molar-refractivity contribution >= 4 is 27.7 Å². The predicted octanol–water partition coefficient (Wildman–Crippen LogP) is 1.65. The molecular weight excluding hydrogens is 386 g/mol. The van der Waals surface area contributed by atoms with Gasteiger partial charge in [0.05, 0.1) is 17.6 Å². The summed E-state index contributed by atoms with van der Waals surface area (Å²) < 4.78 is 6.08. The molecule has 1 aliphatic heterocycles. The number of aromatic nitrogens is 1.